The Kier molecular flexibility index (Phi) is 11.2. The van der Waals surface area contributed by atoms with Crippen LogP contribution >= 0.6 is 11.6 Å². The van der Waals surface area contributed by atoms with E-state index in [1.165, 1.54) is 5.56 Å². The number of hydrogen-bond donors (Lipinski definition) is 3. The SMILES string of the molecule is Cc1c(Cl)cccc1OCCCC(=O)N1C[C@@H]2C[C@@H]2c2c(-c3cnn(Cc4cccc(NC(=O)NC(CCC[N+](C)(C)C)C(=O)O)c4)c3)cccc21. The number of aliphatic carboxylic acids is 1. The van der Waals surface area contributed by atoms with Gasteiger partial charge in [0.05, 0.1) is 47.0 Å². The Morgan fingerprint density at radius 2 is 1.87 bits per heavy atom. The molecule has 52 heavy (non-hydrogen) atoms. The van der Waals surface area contributed by atoms with E-state index in [1.807, 2.05) is 92.5 Å². The molecule has 1 saturated carbocycles. The summed E-state index contributed by atoms with van der Waals surface area (Å²) in [6, 6.07) is 17.7. The summed E-state index contributed by atoms with van der Waals surface area (Å²) in [5.74, 6) is 0.682. The number of anilines is 2. The minimum absolute atomic E-state index is 0.103. The lowest BCUT2D eigenvalue weighted by Gasteiger charge is -2.30. The third-order valence-corrected chi connectivity index (χ3v) is 10.2. The molecule has 1 aromatic heterocycles. The molecule has 6 rings (SSSR count). The van der Waals surface area contributed by atoms with Gasteiger partial charge in [0.2, 0.25) is 5.91 Å². The molecule has 3 aromatic carbocycles. The number of urea groups is 1. The Morgan fingerprint density at radius 3 is 2.65 bits per heavy atom. The lowest BCUT2D eigenvalue weighted by atomic mass is 9.92. The smallest absolute Gasteiger partial charge is 0.326 e. The van der Waals surface area contributed by atoms with E-state index in [9.17, 15) is 19.5 Å². The van der Waals surface area contributed by atoms with Crippen LogP contribution in [0.1, 0.15) is 54.7 Å². The summed E-state index contributed by atoms with van der Waals surface area (Å²) in [4.78, 5) is 40.0. The Bertz CT molecular complexity index is 1940. The van der Waals surface area contributed by atoms with Gasteiger partial charge < -0.3 is 29.9 Å². The first kappa shape index (κ1) is 36.9. The van der Waals surface area contributed by atoms with Crippen LogP contribution in [0, 0.1) is 12.8 Å². The van der Waals surface area contributed by atoms with Crippen LogP contribution in [-0.2, 0) is 16.1 Å². The number of benzene rings is 3. The fraction of sp³-hybridized carbons (Fsp3) is 0.400. The van der Waals surface area contributed by atoms with Crippen molar-refractivity contribution in [2.24, 2.45) is 5.92 Å². The molecule has 0 bridgehead atoms. The second kappa shape index (κ2) is 15.8. The van der Waals surface area contributed by atoms with E-state index in [4.69, 9.17) is 16.3 Å². The maximum atomic E-state index is 13.5. The van der Waals surface area contributed by atoms with Crippen LogP contribution in [0.25, 0.3) is 11.1 Å². The number of nitrogens with zero attached hydrogens (tertiary/aromatic N) is 4. The average molecular weight is 728 g/mol. The molecule has 2 aliphatic rings. The second-order valence-corrected chi connectivity index (χ2v) is 15.3. The molecule has 3 amide bonds. The molecule has 0 radical (unpaired) electrons. The predicted molar refractivity (Wildman–Crippen MR) is 203 cm³/mol. The van der Waals surface area contributed by atoms with E-state index < -0.39 is 18.0 Å². The number of carboxylic acids is 1. The van der Waals surface area contributed by atoms with Gasteiger partial charge in [0.1, 0.15) is 11.8 Å². The lowest BCUT2D eigenvalue weighted by molar-refractivity contribution is -0.870. The molecule has 274 valence electrons. The Morgan fingerprint density at radius 1 is 1.08 bits per heavy atom. The third kappa shape index (κ3) is 9.13. The fourth-order valence-corrected chi connectivity index (χ4v) is 7.13. The van der Waals surface area contributed by atoms with Gasteiger partial charge >= 0.3 is 12.0 Å². The van der Waals surface area contributed by atoms with Crippen molar-refractivity contribution >= 4 is 40.9 Å². The van der Waals surface area contributed by atoms with Crippen LogP contribution in [0.3, 0.4) is 0 Å². The number of rotatable bonds is 15. The normalized spacial score (nSPS) is 16.8. The molecule has 4 aromatic rings. The van der Waals surface area contributed by atoms with Gasteiger partial charge in [0.15, 0.2) is 0 Å². The molecule has 11 nitrogen and oxygen atoms in total. The van der Waals surface area contributed by atoms with Crippen LogP contribution < -0.4 is 20.3 Å². The van der Waals surface area contributed by atoms with Crippen LogP contribution in [0.4, 0.5) is 16.2 Å². The van der Waals surface area contributed by atoms with Crippen molar-refractivity contribution in [2.75, 3.05) is 51.1 Å². The molecule has 3 atom stereocenters. The summed E-state index contributed by atoms with van der Waals surface area (Å²) in [7, 11) is 6.14. The first-order valence-electron chi connectivity index (χ1n) is 17.9. The predicted octanol–water partition coefficient (Wildman–Crippen LogP) is 6.93. The second-order valence-electron chi connectivity index (χ2n) is 14.9. The van der Waals surface area contributed by atoms with E-state index >= 15 is 0 Å². The molecule has 3 N–H and O–H groups in total. The van der Waals surface area contributed by atoms with Crippen molar-refractivity contribution in [3.8, 4) is 16.9 Å². The number of halogens is 1. The number of carbonyl (C=O) groups is 3. The van der Waals surface area contributed by atoms with Crippen molar-refractivity contribution in [1.29, 1.82) is 0 Å². The molecule has 1 aliphatic carbocycles. The van der Waals surface area contributed by atoms with Gasteiger partial charge in [-0.2, -0.15) is 5.10 Å². The molecule has 2 heterocycles. The Hall–Kier alpha value is -4.87. The highest BCUT2D eigenvalue weighted by Gasteiger charge is 2.47. The number of fused-ring (bicyclic) bond motifs is 3. The molecule has 1 unspecified atom stereocenters. The highest BCUT2D eigenvalue weighted by molar-refractivity contribution is 6.31. The van der Waals surface area contributed by atoms with Gasteiger partial charge in [-0.05, 0) is 91.5 Å². The monoisotopic (exact) mass is 727 g/mol. The zero-order valence-corrected chi connectivity index (χ0v) is 31.0. The summed E-state index contributed by atoms with van der Waals surface area (Å²) in [5.41, 5.74) is 6.66. The third-order valence-electron chi connectivity index (χ3n) is 9.79. The molecule has 1 aliphatic heterocycles. The van der Waals surface area contributed by atoms with Gasteiger partial charge in [0, 0.05) is 46.7 Å². The highest BCUT2D eigenvalue weighted by Crippen LogP contribution is 2.57. The van der Waals surface area contributed by atoms with Crippen molar-refractivity contribution in [2.45, 2.75) is 57.5 Å². The zero-order chi connectivity index (χ0) is 37.0. The summed E-state index contributed by atoms with van der Waals surface area (Å²) >= 11 is 6.22. The number of aromatic nitrogens is 2. The average Bonchev–Trinajstić information content (AvgIpc) is 3.74. The first-order chi connectivity index (χ1) is 24.9. The van der Waals surface area contributed by atoms with Crippen LogP contribution in [0.15, 0.2) is 73.1 Å². The minimum atomic E-state index is -1.05. The van der Waals surface area contributed by atoms with Crippen molar-refractivity contribution in [1.82, 2.24) is 15.1 Å². The van der Waals surface area contributed by atoms with Crippen molar-refractivity contribution < 1.29 is 28.7 Å². The largest absolute Gasteiger partial charge is 0.493 e. The summed E-state index contributed by atoms with van der Waals surface area (Å²) in [5, 5.41) is 20.3. The Balaban J connectivity index is 1.07. The number of ether oxygens (including phenoxy) is 1. The van der Waals surface area contributed by atoms with Crippen molar-refractivity contribution in [3.63, 3.8) is 0 Å². The summed E-state index contributed by atoms with van der Waals surface area (Å²) < 4.78 is 8.52. The zero-order valence-electron chi connectivity index (χ0n) is 30.3. The number of nitrogens with one attached hydrogen (secondary N) is 2. The highest BCUT2D eigenvalue weighted by atomic mass is 35.5. The van der Waals surface area contributed by atoms with E-state index in [1.54, 1.807) is 6.07 Å². The van der Waals surface area contributed by atoms with E-state index in [0.717, 1.165) is 57.7 Å². The number of quaternary nitrogens is 1. The molecule has 0 spiro atoms. The van der Waals surface area contributed by atoms with Gasteiger partial charge in [0.25, 0.3) is 0 Å². The van der Waals surface area contributed by atoms with Crippen LogP contribution in [0.2, 0.25) is 5.02 Å². The van der Waals surface area contributed by atoms with Crippen LogP contribution in [0.5, 0.6) is 5.75 Å². The summed E-state index contributed by atoms with van der Waals surface area (Å²) in [6.45, 7) is 4.38. The number of carboxylic acid groups (broad SMARTS) is 1. The maximum absolute atomic E-state index is 13.5. The van der Waals surface area contributed by atoms with Gasteiger partial charge in [-0.15, -0.1) is 0 Å². The van der Waals surface area contributed by atoms with E-state index in [2.05, 4.69) is 27.9 Å². The van der Waals surface area contributed by atoms with Crippen LogP contribution in [-0.4, -0.2) is 84.2 Å². The molecule has 12 heteroatoms. The molecule has 0 saturated heterocycles. The van der Waals surface area contributed by atoms with E-state index in [-0.39, 0.29) is 5.91 Å². The topological polar surface area (TPSA) is 126 Å². The number of carbonyl (C=O) groups excluding carboxylic acids is 2. The Labute approximate surface area is 310 Å². The fourth-order valence-electron chi connectivity index (χ4n) is 6.96. The number of amides is 3. The molecular weight excluding hydrogens is 680 g/mol. The molecule has 1 fully saturated rings. The maximum Gasteiger partial charge on any atom is 0.326 e. The number of hydrogen-bond acceptors (Lipinski definition) is 5. The minimum Gasteiger partial charge on any atom is -0.493 e. The van der Waals surface area contributed by atoms with Gasteiger partial charge in [-0.1, -0.05) is 41.9 Å². The first-order valence-corrected chi connectivity index (χ1v) is 18.3. The summed E-state index contributed by atoms with van der Waals surface area (Å²) in [6.07, 6.45) is 6.97. The van der Waals surface area contributed by atoms with Gasteiger partial charge in [-0.25, -0.2) is 9.59 Å². The lowest BCUT2D eigenvalue weighted by Crippen LogP contribution is -2.44. The quantitative estimate of drug-likeness (QED) is 0.0901. The molecular formula is C40H48ClN6O5+. The van der Waals surface area contributed by atoms with Gasteiger partial charge in [-0.3, -0.25) is 9.48 Å². The van der Waals surface area contributed by atoms with Crippen molar-refractivity contribution in [3.05, 3.63) is 94.8 Å². The standard InChI is InChI=1S/C40H47ClN6O5/c1-26-33(41)13-7-16-36(26)52-19-9-17-37(48)46-25-28-21-32(28)38-31(12-6-15-35(38)46)29-22-42-45(24-29)23-27-10-5-11-30(20-27)43-40(51)44-34(39(49)50)14-8-18-47(2,3)4/h5-7,10-13,15-16,20,22,24,28,32,34H,8-9,14,17-19,21,23,25H2,1-4H3,(H2-,43,44,49,50,51)/p+1/t28-,32-,34?/m0/s1. The van der Waals surface area contributed by atoms with E-state index in [0.29, 0.717) is 61.4 Å².